The molecule has 2 N–H and O–H groups in total. The summed E-state index contributed by atoms with van der Waals surface area (Å²) in [5.74, 6) is -1.50. The van der Waals surface area contributed by atoms with E-state index in [0.29, 0.717) is 21.4 Å². The van der Waals surface area contributed by atoms with Gasteiger partial charge in [-0.05, 0) is 12.0 Å². The number of nitrogen functional groups attached to an aromatic ring is 1. The van der Waals surface area contributed by atoms with Crippen LogP contribution in [0.5, 0.6) is 0 Å². The number of anilines is 1. The molecule has 12 heteroatoms. The summed E-state index contributed by atoms with van der Waals surface area (Å²) in [6.07, 6.45) is -4.38. The summed E-state index contributed by atoms with van der Waals surface area (Å²) in [7, 11) is 1.14. The topological polar surface area (TPSA) is 109 Å². The molecule has 0 saturated carbocycles. The van der Waals surface area contributed by atoms with Gasteiger partial charge in [0.2, 0.25) is 0 Å². The van der Waals surface area contributed by atoms with Crippen molar-refractivity contribution in [1.29, 1.82) is 0 Å². The van der Waals surface area contributed by atoms with Crippen LogP contribution in [0.2, 0.25) is 5.02 Å². The fourth-order valence-electron chi connectivity index (χ4n) is 2.69. The van der Waals surface area contributed by atoms with E-state index >= 15 is 0 Å². The van der Waals surface area contributed by atoms with Crippen LogP contribution >= 0.6 is 11.6 Å². The molecule has 0 atom stereocenters. The molecule has 2 rings (SSSR count). The first-order valence-electron chi connectivity index (χ1n) is 8.35. The van der Waals surface area contributed by atoms with Crippen molar-refractivity contribution < 1.29 is 18.0 Å². The fourth-order valence-corrected chi connectivity index (χ4v) is 2.92. The van der Waals surface area contributed by atoms with E-state index in [2.05, 4.69) is 0 Å². The molecule has 0 bridgehead atoms. The molecule has 0 fully saturated rings. The summed E-state index contributed by atoms with van der Waals surface area (Å²) in [5.41, 5.74) is 1.24. The largest absolute Gasteiger partial charge is 0.417 e. The first-order chi connectivity index (χ1) is 13.3. The summed E-state index contributed by atoms with van der Waals surface area (Å²) in [6.45, 7) is 2.75. The molecule has 2 aromatic rings. The normalized spacial score (nSPS) is 11.9. The minimum atomic E-state index is -4.80. The molecule has 158 valence electrons. The van der Waals surface area contributed by atoms with Gasteiger partial charge < -0.3 is 10.3 Å². The van der Waals surface area contributed by atoms with Crippen molar-refractivity contribution in [3.63, 3.8) is 0 Å². The van der Waals surface area contributed by atoms with Crippen LogP contribution in [0.3, 0.4) is 0 Å². The minimum Gasteiger partial charge on any atom is -0.384 e. The van der Waals surface area contributed by atoms with Gasteiger partial charge in [0, 0.05) is 19.8 Å². The number of alkyl halides is 3. The monoisotopic (exact) mass is 434 g/mol. The van der Waals surface area contributed by atoms with Crippen LogP contribution in [0.4, 0.5) is 19.0 Å². The van der Waals surface area contributed by atoms with E-state index in [9.17, 15) is 32.3 Å². The van der Waals surface area contributed by atoms with E-state index in [1.165, 1.54) is 0 Å². The lowest BCUT2D eigenvalue weighted by Crippen LogP contribution is -2.43. The van der Waals surface area contributed by atoms with E-state index < -0.39 is 57.3 Å². The molecule has 2 heterocycles. The van der Waals surface area contributed by atoms with Crippen LogP contribution in [-0.2, 0) is 26.3 Å². The van der Waals surface area contributed by atoms with Gasteiger partial charge in [0.05, 0.1) is 12.1 Å². The van der Waals surface area contributed by atoms with Crippen molar-refractivity contribution in [3.8, 4) is 0 Å². The lowest BCUT2D eigenvalue weighted by atomic mass is 10.1. The zero-order valence-electron chi connectivity index (χ0n) is 15.7. The Hall–Kier alpha value is -2.82. The highest BCUT2D eigenvalue weighted by molar-refractivity contribution is 6.30. The van der Waals surface area contributed by atoms with E-state index in [1.807, 2.05) is 0 Å². The highest BCUT2D eigenvalue weighted by Gasteiger charge is 2.32. The second-order valence-corrected chi connectivity index (χ2v) is 7.25. The van der Waals surface area contributed by atoms with Gasteiger partial charge in [-0.15, -0.1) is 0 Å². The third-order valence-corrected chi connectivity index (χ3v) is 4.36. The number of hydrogen-bond acceptors (Lipinski definition) is 5. The first kappa shape index (κ1) is 22.5. The molecule has 0 aromatic carbocycles. The maximum Gasteiger partial charge on any atom is 0.417 e. The third kappa shape index (κ3) is 4.44. The average Bonchev–Trinajstić information content (AvgIpc) is 2.59. The van der Waals surface area contributed by atoms with E-state index in [0.717, 1.165) is 11.6 Å². The molecular formula is C17H18ClF3N4O4. The summed E-state index contributed by atoms with van der Waals surface area (Å²) in [4.78, 5) is 49.4. The van der Waals surface area contributed by atoms with Crippen molar-refractivity contribution in [2.45, 2.75) is 33.1 Å². The van der Waals surface area contributed by atoms with Gasteiger partial charge in [-0.2, -0.15) is 13.2 Å². The van der Waals surface area contributed by atoms with Crippen molar-refractivity contribution in [3.05, 3.63) is 59.6 Å². The summed E-state index contributed by atoms with van der Waals surface area (Å²) >= 11 is 5.56. The maximum absolute atomic E-state index is 13.0. The number of pyridine rings is 1. The molecular weight excluding hydrogens is 417 g/mol. The Balaban J connectivity index is 2.62. The number of rotatable bonds is 5. The van der Waals surface area contributed by atoms with Gasteiger partial charge >= 0.3 is 11.9 Å². The fraction of sp³-hybridized carbons (Fsp3) is 0.412. The molecule has 0 aliphatic heterocycles. The number of nitrogens with zero attached hydrogens (tertiary/aromatic N) is 3. The minimum absolute atomic E-state index is 0.0552. The van der Waals surface area contributed by atoms with Crippen molar-refractivity contribution >= 4 is 23.2 Å². The number of carbonyl (C=O) groups is 1. The molecule has 0 saturated heterocycles. The van der Waals surface area contributed by atoms with Crippen molar-refractivity contribution in [2.75, 3.05) is 5.73 Å². The average molecular weight is 435 g/mol. The molecule has 0 spiro atoms. The van der Waals surface area contributed by atoms with Gasteiger partial charge in [-0.3, -0.25) is 23.5 Å². The van der Waals surface area contributed by atoms with Crippen LogP contribution in [0.25, 0.3) is 0 Å². The number of halogens is 4. The number of nitrogens with two attached hydrogens (primary N) is 1. The van der Waals surface area contributed by atoms with E-state index in [-0.39, 0.29) is 12.5 Å². The molecule has 0 unspecified atom stereocenters. The standard InChI is InChI=1S/C17H18ClF3N4O4/c1-8(2)5-25-13(22)12(15(28)23(3)16(25)29)11(26)7-24-6-9(17(19,20)21)4-10(18)14(24)27/h4,6,8H,5,7,22H2,1-3H3. The Kier molecular flexibility index (Phi) is 6.12. The Morgan fingerprint density at radius 1 is 1.21 bits per heavy atom. The molecule has 0 amide bonds. The molecule has 8 nitrogen and oxygen atoms in total. The van der Waals surface area contributed by atoms with E-state index in [1.54, 1.807) is 13.8 Å². The smallest absolute Gasteiger partial charge is 0.384 e. The summed E-state index contributed by atoms with van der Waals surface area (Å²) in [5, 5.41) is -0.738. The maximum atomic E-state index is 13.0. The zero-order valence-corrected chi connectivity index (χ0v) is 16.5. The van der Waals surface area contributed by atoms with Gasteiger partial charge in [-0.25, -0.2) is 4.79 Å². The predicted octanol–water partition coefficient (Wildman–Crippen LogP) is 1.50. The zero-order chi connectivity index (χ0) is 22.3. The number of carbonyl (C=O) groups excluding carboxylic acids is 1. The molecule has 0 aliphatic rings. The number of ketones is 1. The van der Waals surface area contributed by atoms with Crippen molar-refractivity contribution in [2.24, 2.45) is 13.0 Å². The summed E-state index contributed by atoms with van der Waals surface area (Å²) in [6, 6.07) is 0.446. The Morgan fingerprint density at radius 3 is 2.31 bits per heavy atom. The van der Waals surface area contributed by atoms with Crippen LogP contribution < -0.4 is 22.5 Å². The van der Waals surface area contributed by atoms with Gasteiger partial charge in [0.15, 0.2) is 5.78 Å². The van der Waals surface area contributed by atoms with Crippen LogP contribution in [0.15, 0.2) is 26.6 Å². The van der Waals surface area contributed by atoms with Crippen LogP contribution in [0.1, 0.15) is 29.8 Å². The third-order valence-electron chi connectivity index (χ3n) is 4.09. The van der Waals surface area contributed by atoms with Gasteiger partial charge in [0.25, 0.3) is 11.1 Å². The highest BCUT2D eigenvalue weighted by Crippen LogP contribution is 2.29. The lowest BCUT2D eigenvalue weighted by molar-refractivity contribution is -0.138. The van der Waals surface area contributed by atoms with Crippen LogP contribution in [-0.4, -0.2) is 19.5 Å². The highest BCUT2D eigenvalue weighted by atomic mass is 35.5. The first-order valence-corrected chi connectivity index (χ1v) is 8.73. The van der Waals surface area contributed by atoms with Gasteiger partial charge in [-0.1, -0.05) is 25.4 Å². The summed E-state index contributed by atoms with van der Waals surface area (Å²) < 4.78 is 41.1. The van der Waals surface area contributed by atoms with Crippen molar-refractivity contribution in [1.82, 2.24) is 13.7 Å². The quantitative estimate of drug-likeness (QED) is 0.717. The SMILES string of the molecule is CC(C)Cn1c(N)c(C(=O)Cn2cc(C(F)(F)F)cc(Cl)c2=O)c(=O)n(C)c1=O. The molecule has 0 aliphatic carbocycles. The Labute approximate surface area is 166 Å². The number of aromatic nitrogens is 3. The second kappa shape index (κ2) is 7.90. The Morgan fingerprint density at radius 2 is 1.79 bits per heavy atom. The Bertz CT molecular complexity index is 1150. The number of Topliss-reactive ketones (excluding diaryl/α,β-unsaturated/α-hetero) is 1. The lowest BCUT2D eigenvalue weighted by Gasteiger charge is -2.16. The van der Waals surface area contributed by atoms with Crippen LogP contribution in [0, 0.1) is 5.92 Å². The molecule has 29 heavy (non-hydrogen) atoms. The van der Waals surface area contributed by atoms with E-state index in [4.69, 9.17) is 17.3 Å². The second-order valence-electron chi connectivity index (χ2n) is 6.84. The number of hydrogen-bond donors (Lipinski definition) is 1. The van der Waals surface area contributed by atoms with Gasteiger partial charge in [0.1, 0.15) is 16.4 Å². The molecule has 2 aromatic heterocycles. The molecule has 0 radical (unpaired) electrons. The predicted molar refractivity (Wildman–Crippen MR) is 100 cm³/mol.